The molecule has 0 saturated carbocycles. The Morgan fingerprint density at radius 1 is 0.968 bits per heavy atom. The van der Waals surface area contributed by atoms with E-state index in [1.807, 2.05) is 46.0 Å². The van der Waals surface area contributed by atoms with E-state index in [1.165, 1.54) is 0 Å². The number of fused-ring (bicyclic) bond motifs is 3. The van der Waals surface area contributed by atoms with Gasteiger partial charge in [-0.15, -0.1) is 0 Å². The molecule has 1 aliphatic heterocycles. The van der Waals surface area contributed by atoms with Gasteiger partial charge in [-0.3, -0.25) is 9.97 Å². The molecule has 0 amide bonds. The molecule has 2 aromatic heterocycles. The number of pyridine rings is 2. The number of hydrogen-bond donors (Lipinski definition) is 1. The highest BCUT2D eigenvalue weighted by atomic mass is 16.5. The SMILES string of the molecule is CC1(C)CC(OCCCOCc2ccnc3c2ccc2cccnc23)CC(C)(C)[NH+]1[O-]. The van der Waals surface area contributed by atoms with Crippen molar-refractivity contribution in [2.24, 2.45) is 0 Å². The number of quaternary nitrogens is 1. The van der Waals surface area contributed by atoms with Crippen molar-refractivity contribution < 1.29 is 14.5 Å². The summed E-state index contributed by atoms with van der Waals surface area (Å²) in [6, 6.07) is 10.2. The van der Waals surface area contributed by atoms with Gasteiger partial charge in [-0.2, -0.15) is 0 Å². The molecular weight excluding hydrogens is 390 g/mol. The lowest BCUT2D eigenvalue weighted by Crippen LogP contribution is -3.23. The van der Waals surface area contributed by atoms with Gasteiger partial charge in [0.05, 0.1) is 34.8 Å². The second-order valence-electron chi connectivity index (χ2n) is 9.91. The van der Waals surface area contributed by atoms with Crippen molar-refractivity contribution >= 4 is 21.8 Å². The van der Waals surface area contributed by atoms with Gasteiger partial charge in [-0.25, -0.2) is 0 Å². The van der Waals surface area contributed by atoms with Gasteiger partial charge in [0, 0.05) is 49.2 Å². The second kappa shape index (κ2) is 8.79. The lowest BCUT2D eigenvalue weighted by atomic mass is 9.80. The van der Waals surface area contributed by atoms with E-state index >= 15 is 0 Å². The summed E-state index contributed by atoms with van der Waals surface area (Å²) in [7, 11) is 0. The third-order valence-electron chi connectivity index (χ3n) is 6.32. The maximum Gasteiger partial charge on any atom is 0.0968 e. The molecule has 31 heavy (non-hydrogen) atoms. The van der Waals surface area contributed by atoms with Gasteiger partial charge in [0.2, 0.25) is 0 Å². The average molecular weight is 424 g/mol. The highest BCUT2D eigenvalue weighted by molar-refractivity contribution is 6.03. The van der Waals surface area contributed by atoms with Crippen molar-refractivity contribution in [2.75, 3.05) is 13.2 Å². The Kier molecular flexibility index (Phi) is 6.26. The van der Waals surface area contributed by atoms with Crippen molar-refractivity contribution in [3.63, 3.8) is 0 Å². The Morgan fingerprint density at radius 2 is 1.71 bits per heavy atom. The molecule has 4 rings (SSSR count). The third kappa shape index (κ3) is 4.72. The van der Waals surface area contributed by atoms with Crippen LogP contribution in [0.25, 0.3) is 21.8 Å². The monoisotopic (exact) mass is 423 g/mol. The molecule has 166 valence electrons. The number of benzene rings is 1. The maximum atomic E-state index is 12.5. The van der Waals surface area contributed by atoms with E-state index in [1.54, 1.807) is 6.20 Å². The second-order valence-corrected chi connectivity index (χ2v) is 9.91. The van der Waals surface area contributed by atoms with Gasteiger partial charge in [0.15, 0.2) is 0 Å². The zero-order valence-corrected chi connectivity index (χ0v) is 19.0. The van der Waals surface area contributed by atoms with E-state index in [0.717, 1.165) is 46.6 Å². The first-order valence-corrected chi connectivity index (χ1v) is 11.1. The van der Waals surface area contributed by atoms with Crippen LogP contribution in [-0.2, 0) is 16.1 Å². The number of rotatable bonds is 7. The first-order chi connectivity index (χ1) is 14.8. The standard InChI is InChI=1S/C25H33N3O3/c1-24(2)15-20(16-25(3,4)28(24)29)31-14-6-13-30-17-19-10-12-27-23-21(19)9-8-18-7-5-11-26-22(18)23/h5,7-12,20,28H,6,13-17H2,1-4H3. The Balaban J connectivity index is 1.28. The highest BCUT2D eigenvalue weighted by Gasteiger charge is 2.45. The van der Waals surface area contributed by atoms with Gasteiger partial charge >= 0.3 is 0 Å². The van der Waals surface area contributed by atoms with E-state index < -0.39 is 0 Å². The molecule has 0 unspecified atom stereocenters. The lowest BCUT2D eigenvalue weighted by molar-refractivity contribution is -0.956. The van der Waals surface area contributed by atoms with Crippen LogP contribution in [-0.4, -0.2) is 40.4 Å². The molecule has 1 aromatic carbocycles. The zero-order valence-electron chi connectivity index (χ0n) is 19.0. The lowest BCUT2D eigenvalue weighted by Gasteiger charge is -2.54. The summed E-state index contributed by atoms with van der Waals surface area (Å²) in [5, 5.41) is 15.1. The van der Waals surface area contributed by atoms with Crippen molar-refractivity contribution in [1.82, 2.24) is 9.97 Å². The van der Waals surface area contributed by atoms with E-state index in [4.69, 9.17) is 9.47 Å². The summed E-state index contributed by atoms with van der Waals surface area (Å²) < 4.78 is 12.1. The van der Waals surface area contributed by atoms with Crippen LogP contribution in [0.15, 0.2) is 42.7 Å². The van der Waals surface area contributed by atoms with Crippen LogP contribution in [0.5, 0.6) is 0 Å². The molecule has 6 heteroatoms. The third-order valence-corrected chi connectivity index (χ3v) is 6.32. The summed E-state index contributed by atoms with van der Waals surface area (Å²) in [4.78, 5) is 9.05. The smallest absolute Gasteiger partial charge is 0.0968 e. The molecule has 0 aliphatic carbocycles. The normalized spacial score (nSPS) is 22.7. The summed E-state index contributed by atoms with van der Waals surface area (Å²) >= 11 is 0. The van der Waals surface area contributed by atoms with Crippen LogP contribution in [0.1, 0.15) is 52.5 Å². The number of nitrogens with zero attached hydrogens (tertiary/aromatic N) is 2. The molecule has 1 N–H and O–H groups in total. The van der Waals surface area contributed by atoms with Crippen molar-refractivity contribution in [1.29, 1.82) is 0 Å². The molecule has 3 aromatic rings. The van der Waals surface area contributed by atoms with Crippen LogP contribution in [0.2, 0.25) is 0 Å². The summed E-state index contributed by atoms with van der Waals surface area (Å²) in [6.45, 7) is 9.96. The molecule has 0 spiro atoms. The topological polar surface area (TPSA) is 71.7 Å². The quantitative estimate of drug-likeness (QED) is 0.355. The molecule has 0 bridgehead atoms. The molecule has 1 saturated heterocycles. The zero-order chi connectivity index (χ0) is 22.1. The minimum Gasteiger partial charge on any atom is -0.634 e. The van der Waals surface area contributed by atoms with Crippen molar-refractivity contribution in [3.8, 4) is 0 Å². The van der Waals surface area contributed by atoms with Gasteiger partial charge in [0.25, 0.3) is 0 Å². The summed E-state index contributed by atoms with van der Waals surface area (Å²) in [5.41, 5.74) is 2.33. The van der Waals surface area contributed by atoms with Crippen LogP contribution >= 0.6 is 0 Å². The van der Waals surface area contributed by atoms with E-state index in [-0.39, 0.29) is 17.2 Å². The molecule has 0 radical (unpaired) electrons. The molecule has 1 aliphatic rings. The fourth-order valence-corrected chi connectivity index (χ4v) is 4.96. The number of ether oxygens (including phenoxy) is 2. The summed E-state index contributed by atoms with van der Waals surface area (Å²) in [6.07, 6.45) is 6.18. The first-order valence-electron chi connectivity index (χ1n) is 11.1. The van der Waals surface area contributed by atoms with Crippen molar-refractivity contribution in [3.05, 3.63) is 53.5 Å². The largest absolute Gasteiger partial charge is 0.634 e. The van der Waals surface area contributed by atoms with Gasteiger partial charge in [-0.1, -0.05) is 18.2 Å². The van der Waals surface area contributed by atoms with Crippen molar-refractivity contribution in [2.45, 2.75) is 70.7 Å². The predicted octanol–water partition coefficient (Wildman–Crippen LogP) is 3.81. The minimum atomic E-state index is -0.315. The number of nitrogens with one attached hydrogen (secondary N) is 1. The number of hydrogen-bond acceptors (Lipinski definition) is 5. The Morgan fingerprint density at radius 3 is 2.48 bits per heavy atom. The Labute approximate surface area is 184 Å². The van der Waals surface area contributed by atoms with Crippen LogP contribution in [0, 0.1) is 5.21 Å². The first kappa shape index (κ1) is 22.1. The number of hydroxylamine groups is 2. The number of aromatic nitrogens is 2. The fraction of sp³-hybridized carbons (Fsp3) is 0.520. The fourth-order valence-electron chi connectivity index (χ4n) is 4.96. The number of piperidine rings is 1. The van der Waals surface area contributed by atoms with Gasteiger partial charge in [0.1, 0.15) is 0 Å². The van der Waals surface area contributed by atoms with Gasteiger partial charge < -0.3 is 19.7 Å². The van der Waals surface area contributed by atoms with Crippen LogP contribution in [0.4, 0.5) is 0 Å². The Bertz CT molecular complexity index is 1030. The van der Waals surface area contributed by atoms with Gasteiger partial charge in [-0.05, 0) is 51.8 Å². The summed E-state index contributed by atoms with van der Waals surface area (Å²) in [5.74, 6) is 0. The van der Waals surface area contributed by atoms with E-state index in [9.17, 15) is 5.21 Å². The highest BCUT2D eigenvalue weighted by Crippen LogP contribution is 2.26. The molecular formula is C25H33N3O3. The molecule has 1 fully saturated rings. The maximum absolute atomic E-state index is 12.5. The predicted molar refractivity (Wildman–Crippen MR) is 123 cm³/mol. The van der Waals surface area contributed by atoms with Crippen LogP contribution < -0.4 is 5.06 Å². The van der Waals surface area contributed by atoms with E-state index in [0.29, 0.717) is 24.9 Å². The molecule has 3 heterocycles. The minimum absolute atomic E-state index is 0.132. The molecule has 6 nitrogen and oxygen atoms in total. The van der Waals surface area contributed by atoms with E-state index in [2.05, 4.69) is 28.2 Å². The van der Waals surface area contributed by atoms with Crippen LogP contribution in [0.3, 0.4) is 0 Å². The molecule has 0 atom stereocenters. The average Bonchev–Trinajstić information content (AvgIpc) is 2.74. The Hall–Kier alpha value is -2.12.